The molecule has 0 aliphatic heterocycles. The molecule has 0 aliphatic carbocycles. The summed E-state index contributed by atoms with van der Waals surface area (Å²) >= 11 is 0. The van der Waals surface area contributed by atoms with E-state index in [1.54, 1.807) is 24.3 Å². The molecule has 24 heavy (non-hydrogen) atoms. The smallest absolute Gasteiger partial charge is 0.255 e. The summed E-state index contributed by atoms with van der Waals surface area (Å²) in [5.41, 5.74) is 0.614. The second-order valence-electron chi connectivity index (χ2n) is 4.79. The number of carbonyl (C=O) groups excluding carboxylic acids is 1. The average Bonchev–Trinajstić information content (AvgIpc) is 2.55. The van der Waals surface area contributed by atoms with E-state index in [2.05, 4.69) is 5.32 Å². The molecule has 2 aromatic carbocycles. The first-order valence-electron chi connectivity index (χ1n) is 7.10. The van der Waals surface area contributed by atoms with Crippen LogP contribution in [0, 0.1) is 0 Å². The fourth-order valence-electron chi connectivity index (χ4n) is 2.09. The maximum absolute atomic E-state index is 12.4. The van der Waals surface area contributed by atoms with Crippen LogP contribution in [0.4, 0.5) is 5.69 Å². The number of carbonyl (C=O) groups is 1. The van der Waals surface area contributed by atoms with Gasteiger partial charge in [-0.3, -0.25) is 4.79 Å². The summed E-state index contributed by atoms with van der Waals surface area (Å²) in [7, 11) is -2.70. The van der Waals surface area contributed by atoms with Crippen molar-refractivity contribution in [3.05, 3.63) is 48.0 Å². The van der Waals surface area contributed by atoms with E-state index in [0.717, 1.165) is 0 Å². The van der Waals surface area contributed by atoms with E-state index in [-0.39, 0.29) is 16.2 Å². The third-order valence-electron chi connectivity index (χ3n) is 3.17. The molecule has 0 heterocycles. The number of benzene rings is 2. The Morgan fingerprint density at radius 2 is 1.88 bits per heavy atom. The van der Waals surface area contributed by atoms with E-state index in [9.17, 15) is 13.2 Å². The van der Waals surface area contributed by atoms with E-state index in [1.165, 1.54) is 25.3 Å². The summed E-state index contributed by atoms with van der Waals surface area (Å²) in [6, 6.07) is 11.0. The van der Waals surface area contributed by atoms with Crippen molar-refractivity contribution in [2.75, 3.05) is 19.0 Å². The van der Waals surface area contributed by atoms with Gasteiger partial charge in [-0.15, -0.1) is 0 Å². The monoisotopic (exact) mass is 350 g/mol. The van der Waals surface area contributed by atoms with E-state index in [1.807, 2.05) is 6.92 Å². The molecule has 128 valence electrons. The summed E-state index contributed by atoms with van der Waals surface area (Å²) in [6.07, 6.45) is 0. The zero-order valence-corrected chi connectivity index (χ0v) is 14.1. The van der Waals surface area contributed by atoms with Crippen molar-refractivity contribution in [1.82, 2.24) is 0 Å². The molecule has 2 rings (SSSR count). The first-order chi connectivity index (χ1) is 11.4. The first-order valence-corrected chi connectivity index (χ1v) is 8.65. The van der Waals surface area contributed by atoms with Crippen molar-refractivity contribution in [2.24, 2.45) is 5.14 Å². The van der Waals surface area contributed by atoms with E-state index in [4.69, 9.17) is 14.6 Å². The molecule has 0 aromatic heterocycles. The standard InChI is InChI=1S/C16H18N2O5S/c1-3-23-13-7-5-4-6-12(13)18-16(19)11-8-9-14(22-2)15(10-11)24(17,20)21/h4-10H,3H2,1-2H3,(H,18,19)(H2,17,20,21). The van der Waals surface area contributed by atoms with Crippen LogP contribution in [-0.2, 0) is 10.0 Å². The molecule has 0 atom stereocenters. The molecule has 0 spiro atoms. The maximum atomic E-state index is 12.4. The van der Waals surface area contributed by atoms with Gasteiger partial charge in [-0.25, -0.2) is 13.6 Å². The fourth-order valence-corrected chi connectivity index (χ4v) is 2.81. The van der Waals surface area contributed by atoms with Crippen molar-refractivity contribution in [1.29, 1.82) is 0 Å². The van der Waals surface area contributed by atoms with Crippen LogP contribution >= 0.6 is 0 Å². The van der Waals surface area contributed by atoms with Gasteiger partial charge in [0.2, 0.25) is 10.0 Å². The molecule has 0 saturated carbocycles. The van der Waals surface area contributed by atoms with Gasteiger partial charge in [-0.1, -0.05) is 12.1 Å². The Kier molecular flexibility index (Phi) is 5.42. The molecule has 3 N–H and O–H groups in total. The van der Waals surface area contributed by atoms with Crippen LogP contribution in [0.5, 0.6) is 11.5 Å². The number of hydrogen-bond donors (Lipinski definition) is 2. The molecule has 0 unspecified atom stereocenters. The molecule has 0 aliphatic rings. The second-order valence-corrected chi connectivity index (χ2v) is 6.32. The molecule has 0 fully saturated rings. The molecule has 8 heteroatoms. The lowest BCUT2D eigenvalue weighted by Crippen LogP contribution is -2.17. The van der Waals surface area contributed by atoms with Gasteiger partial charge in [-0.05, 0) is 37.3 Å². The van der Waals surface area contributed by atoms with Gasteiger partial charge in [0, 0.05) is 5.56 Å². The predicted molar refractivity (Wildman–Crippen MR) is 89.9 cm³/mol. The lowest BCUT2D eigenvalue weighted by Gasteiger charge is -2.12. The van der Waals surface area contributed by atoms with Crippen LogP contribution in [0.25, 0.3) is 0 Å². The van der Waals surface area contributed by atoms with Crippen LogP contribution < -0.4 is 19.9 Å². The van der Waals surface area contributed by atoms with Gasteiger partial charge in [0.1, 0.15) is 16.4 Å². The van der Waals surface area contributed by atoms with Crippen LogP contribution in [-0.4, -0.2) is 28.0 Å². The Balaban J connectivity index is 2.34. The van der Waals surface area contributed by atoms with Gasteiger partial charge in [0.15, 0.2) is 0 Å². The number of para-hydroxylation sites is 2. The highest BCUT2D eigenvalue weighted by molar-refractivity contribution is 7.89. The van der Waals surface area contributed by atoms with Gasteiger partial charge in [0.05, 0.1) is 19.4 Å². The summed E-state index contributed by atoms with van der Waals surface area (Å²) in [4.78, 5) is 12.2. The van der Waals surface area contributed by atoms with E-state index in [0.29, 0.717) is 18.0 Å². The number of methoxy groups -OCH3 is 1. The van der Waals surface area contributed by atoms with Crippen molar-refractivity contribution < 1.29 is 22.7 Å². The molecule has 1 amide bonds. The second kappa shape index (κ2) is 7.33. The molecular weight excluding hydrogens is 332 g/mol. The zero-order chi connectivity index (χ0) is 17.7. The summed E-state index contributed by atoms with van der Waals surface area (Å²) < 4.78 is 33.7. The molecule has 7 nitrogen and oxygen atoms in total. The topological polar surface area (TPSA) is 108 Å². The molecular formula is C16H18N2O5S. The number of primary sulfonamides is 1. The number of amides is 1. The molecule has 2 aromatic rings. The molecule has 0 saturated heterocycles. The van der Waals surface area contributed by atoms with Gasteiger partial charge in [0.25, 0.3) is 5.91 Å². The Bertz CT molecular complexity index is 849. The number of rotatable bonds is 6. The third kappa shape index (κ3) is 4.03. The number of nitrogens with two attached hydrogens (primary N) is 1. The Morgan fingerprint density at radius 1 is 1.17 bits per heavy atom. The summed E-state index contributed by atoms with van der Waals surface area (Å²) in [5.74, 6) is 0.104. The van der Waals surface area contributed by atoms with Gasteiger partial charge in [-0.2, -0.15) is 0 Å². The number of ether oxygens (including phenoxy) is 2. The fraction of sp³-hybridized carbons (Fsp3) is 0.188. The Hall–Kier alpha value is -2.58. The Labute approximate surface area is 140 Å². The van der Waals surface area contributed by atoms with Crippen molar-refractivity contribution in [3.8, 4) is 11.5 Å². The summed E-state index contributed by atoms with van der Waals surface area (Å²) in [6.45, 7) is 2.28. The first kappa shape index (κ1) is 17.8. The van der Waals surface area contributed by atoms with E-state index < -0.39 is 15.9 Å². The van der Waals surface area contributed by atoms with Crippen molar-refractivity contribution in [3.63, 3.8) is 0 Å². The van der Waals surface area contributed by atoms with Crippen molar-refractivity contribution in [2.45, 2.75) is 11.8 Å². The lowest BCUT2D eigenvalue weighted by molar-refractivity contribution is 0.102. The number of anilines is 1. The van der Waals surface area contributed by atoms with Crippen LogP contribution in [0.1, 0.15) is 17.3 Å². The van der Waals surface area contributed by atoms with Crippen LogP contribution in [0.3, 0.4) is 0 Å². The quantitative estimate of drug-likeness (QED) is 0.828. The average molecular weight is 350 g/mol. The molecule has 0 radical (unpaired) electrons. The van der Waals surface area contributed by atoms with Crippen molar-refractivity contribution >= 4 is 21.6 Å². The highest BCUT2D eigenvalue weighted by Crippen LogP contribution is 2.26. The predicted octanol–water partition coefficient (Wildman–Crippen LogP) is 1.99. The summed E-state index contributed by atoms with van der Waals surface area (Å²) in [5, 5.41) is 7.85. The normalized spacial score (nSPS) is 11.0. The maximum Gasteiger partial charge on any atom is 0.255 e. The van der Waals surface area contributed by atoms with Gasteiger partial charge < -0.3 is 14.8 Å². The lowest BCUT2D eigenvalue weighted by atomic mass is 10.2. The SMILES string of the molecule is CCOc1ccccc1NC(=O)c1ccc(OC)c(S(N)(=O)=O)c1. The minimum Gasteiger partial charge on any atom is -0.495 e. The number of hydrogen-bond acceptors (Lipinski definition) is 5. The molecule has 0 bridgehead atoms. The minimum atomic E-state index is -4.02. The highest BCUT2D eigenvalue weighted by atomic mass is 32.2. The Morgan fingerprint density at radius 3 is 2.50 bits per heavy atom. The van der Waals surface area contributed by atoms with E-state index >= 15 is 0 Å². The number of nitrogens with one attached hydrogen (secondary N) is 1. The van der Waals surface area contributed by atoms with Gasteiger partial charge >= 0.3 is 0 Å². The largest absolute Gasteiger partial charge is 0.495 e. The number of sulfonamides is 1. The minimum absolute atomic E-state index is 0.0729. The van der Waals surface area contributed by atoms with Crippen LogP contribution in [0.2, 0.25) is 0 Å². The zero-order valence-electron chi connectivity index (χ0n) is 13.3. The van der Waals surface area contributed by atoms with Crippen LogP contribution in [0.15, 0.2) is 47.4 Å². The highest BCUT2D eigenvalue weighted by Gasteiger charge is 2.18. The third-order valence-corrected chi connectivity index (χ3v) is 4.10.